The third kappa shape index (κ3) is 2.89. The zero-order valence-electron chi connectivity index (χ0n) is 8.88. The second-order valence-electron chi connectivity index (χ2n) is 3.31. The molecule has 76 valence electrons. The van der Waals surface area contributed by atoms with Crippen LogP contribution in [-0.4, -0.2) is 20.1 Å². The number of nitrogens with one attached hydrogen (secondary N) is 2. The molecule has 1 rings (SSSR count). The molecule has 0 fully saturated rings. The fourth-order valence-corrected chi connectivity index (χ4v) is 1.42. The van der Waals surface area contributed by atoms with Crippen molar-refractivity contribution in [3.63, 3.8) is 0 Å². The van der Waals surface area contributed by atoms with E-state index in [9.17, 15) is 0 Å². The van der Waals surface area contributed by atoms with Crippen molar-refractivity contribution in [2.24, 2.45) is 0 Å². The van der Waals surface area contributed by atoms with Gasteiger partial charge in [0.2, 0.25) is 0 Å². The Morgan fingerprint density at radius 3 is 2.43 bits per heavy atom. The summed E-state index contributed by atoms with van der Waals surface area (Å²) in [6, 6.07) is 10.7. The molecule has 1 atom stereocenters. The Morgan fingerprint density at radius 1 is 1.29 bits per heavy atom. The molecule has 0 saturated heterocycles. The van der Waals surface area contributed by atoms with Crippen LogP contribution in [-0.2, 0) is 6.42 Å². The third-order valence-electron chi connectivity index (χ3n) is 2.37. The van der Waals surface area contributed by atoms with Crippen molar-refractivity contribution in [1.82, 2.24) is 10.6 Å². The van der Waals surface area contributed by atoms with Gasteiger partial charge >= 0.3 is 0 Å². The quantitative estimate of drug-likeness (QED) is 0.736. The summed E-state index contributed by atoms with van der Waals surface area (Å²) in [5.74, 6) is 0. The first-order chi connectivity index (χ1) is 6.77. The zero-order valence-corrected chi connectivity index (χ0v) is 8.88. The molecule has 0 unspecified atom stereocenters. The molecule has 0 amide bonds. The van der Waals surface area contributed by atoms with E-state index in [1.807, 2.05) is 20.2 Å². The summed E-state index contributed by atoms with van der Waals surface area (Å²) in [6.07, 6.45) is 0.969. The summed E-state index contributed by atoms with van der Waals surface area (Å²) < 4.78 is 0. The summed E-state index contributed by atoms with van der Waals surface area (Å²) in [4.78, 5) is 0. The molecule has 0 saturated carbocycles. The minimum absolute atomic E-state index is 0.294. The van der Waals surface area contributed by atoms with Crippen molar-refractivity contribution in [3.8, 4) is 0 Å². The van der Waals surface area contributed by atoms with Gasteiger partial charge in [-0.15, -0.1) is 0 Å². The van der Waals surface area contributed by atoms with Crippen LogP contribution in [0, 0.1) is 0 Å². The molecule has 2 N–H and O–H groups in total. The fraction of sp³-hybridized carbons (Fsp3) is 0.333. The predicted molar refractivity (Wildman–Crippen MR) is 61.2 cm³/mol. The van der Waals surface area contributed by atoms with Crippen molar-refractivity contribution in [1.29, 1.82) is 0 Å². The van der Waals surface area contributed by atoms with Crippen LogP contribution in [0.15, 0.2) is 42.6 Å². The van der Waals surface area contributed by atoms with Gasteiger partial charge in [0.15, 0.2) is 0 Å². The molecule has 0 radical (unpaired) electrons. The Hall–Kier alpha value is -1.28. The minimum Gasteiger partial charge on any atom is -0.391 e. The molecule has 0 aliphatic carbocycles. The summed E-state index contributed by atoms with van der Waals surface area (Å²) in [6.45, 7) is 3.97. The zero-order chi connectivity index (χ0) is 10.4. The molecule has 1 aromatic rings. The average Bonchev–Trinajstić information content (AvgIpc) is 2.26. The van der Waals surface area contributed by atoms with Crippen LogP contribution in [0.5, 0.6) is 0 Å². The number of hydrogen-bond acceptors (Lipinski definition) is 2. The van der Waals surface area contributed by atoms with Crippen LogP contribution >= 0.6 is 0 Å². The molecule has 0 heterocycles. The highest BCUT2D eigenvalue weighted by molar-refractivity contribution is 5.19. The summed E-state index contributed by atoms with van der Waals surface area (Å²) >= 11 is 0. The van der Waals surface area contributed by atoms with E-state index in [0.29, 0.717) is 6.04 Å². The molecule has 2 heteroatoms. The highest BCUT2D eigenvalue weighted by atomic mass is 15.0. The average molecular weight is 190 g/mol. The fourth-order valence-electron chi connectivity index (χ4n) is 1.42. The van der Waals surface area contributed by atoms with Crippen molar-refractivity contribution < 1.29 is 0 Å². The van der Waals surface area contributed by atoms with E-state index in [0.717, 1.165) is 12.1 Å². The molecule has 0 aliphatic heterocycles. The summed E-state index contributed by atoms with van der Waals surface area (Å²) in [5, 5.41) is 6.32. The van der Waals surface area contributed by atoms with Crippen molar-refractivity contribution in [2.45, 2.75) is 12.5 Å². The van der Waals surface area contributed by atoms with Crippen molar-refractivity contribution >= 4 is 0 Å². The maximum atomic E-state index is 3.97. The van der Waals surface area contributed by atoms with Crippen LogP contribution in [0.4, 0.5) is 0 Å². The number of rotatable bonds is 5. The molecule has 1 aromatic carbocycles. The van der Waals surface area contributed by atoms with Gasteiger partial charge in [-0.1, -0.05) is 36.9 Å². The number of benzene rings is 1. The lowest BCUT2D eigenvalue weighted by Gasteiger charge is -2.18. The maximum absolute atomic E-state index is 3.97. The van der Waals surface area contributed by atoms with E-state index < -0.39 is 0 Å². The second-order valence-corrected chi connectivity index (χ2v) is 3.31. The molecule has 2 nitrogen and oxygen atoms in total. The van der Waals surface area contributed by atoms with Gasteiger partial charge in [-0.3, -0.25) is 0 Å². The second kappa shape index (κ2) is 5.45. The van der Waals surface area contributed by atoms with Gasteiger partial charge in [0.25, 0.3) is 0 Å². The standard InChI is InChI=1S/C12H18N2/c1-10(13-2)12(14-3)9-11-7-5-4-6-8-11/h4-8,12-14H,1,9H2,2-3H3/t12-/m1/s1. The lowest BCUT2D eigenvalue weighted by molar-refractivity contribution is 0.602. The largest absolute Gasteiger partial charge is 0.391 e. The summed E-state index contributed by atoms with van der Waals surface area (Å²) in [7, 11) is 3.85. The Bertz CT molecular complexity index is 280. The van der Waals surface area contributed by atoms with Gasteiger partial charge < -0.3 is 10.6 Å². The Labute approximate surface area is 86.0 Å². The number of hydrogen-bond donors (Lipinski definition) is 2. The third-order valence-corrected chi connectivity index (χ3v) is 2.37. The topological polar surface area (TPSA) is 24.1 Å². The Balaban J connectivity index is 2.62. The van der Waals surface area contributed by atoms with Crippen LogP contribution in [0.2, 0.25) is 0 Å². The predicted octanol–water partition coefficient (Wildman–Crippen LogP) is 1.55. The highest BCUT2D eigenvalue weighted by Gasteiger charge is 2.08. The Kier molecular flexibility index (Phi) is 4.20. The van der Waals surface area contributed by atoms with E-state index in [4.69, 9.17) is 0 Å². The molecular weight excluding hydrogens is 172 g/mol. The molecule has 0 aliphatic rings. The monoisotopic (exact) mass is 190 g/mol. The van der Waals surface area contributed by atoms with Crippen molar-refractivity contribution in [3.05, 3.63) is 48.2 Å². The minimum atomic E-state index is 0.294. The van der Waals surface area contributed by atoms with E-state index >= 15 is 0 Å². The van der Waals surface area contributed by atoms with Crippen LogP contribution in [0.25, 0.3) is 0 Å². The van der Waals surface area contributed by atoms with Gasteiger partial charge in [0.1, 0.15) is 0 Å². The molecule has 14 heavy (non-hydrogen) atoms. The molecule has 0 bridgehead atoms. The lowest BCUT2D eigenvalue weighted by Crippen LogP contribution is -2.34. The smallest absolute Gasteiger partial charge is 0.0501 e. The first kappa shape index (κ1) is 10.8. The van der Waals surface area contributed by atoms with Gasteiger partial charge in [0.05, 0.1) is 6.04 Å². The summed E-state index contributed by atoms with van der Waals surface area (Å²) in [5.41, 5.74) is 2.35. The maximum Gasteiger partial charge on any atom is 0.0501 e. The van der Waals surface area contributed by atoms with Gasteiger partial charge in [0, 0.05) is 12.7 Å². The molecule has 0 spiro atoms. The van der Waals surface area contributed by atoms with Crippen LogP contribution < -0.4 is 10.6 Å². The van der Waals surface area contributed by atoms with Crippen LogP contribution in [0.1, 0.15) is 5.56 Å². The van der Waals surface area contributed by atoms with E-state index in [1.54, 1.807) is 0 Å². The van der Waals surface area contributed by atoms with E-state index in [2.05, 4.69) is 41.5 Å². The number of likely N-dealkylation sites (N-methyl/N-ethyl adjacent to an activating group) is 2. The lowest BCUT2D eigenvalue weighted by atomic mass is 10.0. The van der Waals surface area contributed by atoms with Gasteiger partial charge in [-0.25, -0.2) is 0 Å². The first-order valence-electron chi connectivity index (χ1n) is 4.85. The molecular formula is C12H18N2. The SMILES string of the molecule is C=C(NC)[C@@H](Cc1ccccc1)NC. The normalized spacial score (nSPS) is 12.1. The highest BCUT2D eigenvalue weighted by Crippen LogP contribution is 2.06. The van der Waals surface area contributed by atoms with Gasteiger partial charge in [-0.05, 0) is 19.0 Å². The van der Waals surface area contributed by atoms with Crippen LogP contribution in [0.3, 0.4) is 0 Å². The van der Waals surface area contributed by atoms with E-state index in [-0.39, 0.29) is 0 Å². The van der Waals surface area contributed by atoms with Gasteiger partial charge in [-0.2, -0.15) is 0 Å². The first-order valence-corrected chi connectivity index (χ1v) is 4.85. The Morgan fingerprint density at radius 2 is 1.93 bits per heavy atom. The molecule has 0 aromatic heterocycles. The van der Waals surface area contributed by atoms with Crippen molar-refractivity contribution in [2.75, 3.05) is 14.1 Å². The van der Waals surface area contributed by atoms with E-state index in [1.165, 1.54) is 5.56 Å².